The van der Waals surface area contributed by atoms with Gasteiger partial charge >= 0.3 is 0 Å². The molecule has 0 aliphatic carbocycles. The average molecular weight is 378 g/mol. The molecule has 1 N–H and O–H groups in total. The fourth-order valence-corrected chi connectivity index (χ4v) is 3.42. The highest BCUT2D eigenvalue weighted by molar-refractivity contribution is 5.93. The van der Waals surface area contributed by atoms with E-state index >= 15 is 0 Å². The minimum Gasteiger partial charge on any atom is -0.326 e. The highest BCUT2D eigenvalue weighted by atomic mass is 16.1. The van der Waals surface area contributed by atoms with Crippen molar-refractivity contribution in [3.8, 4) is 5.69 Å². The van der Waals surface area contributed by atoms with Crippen molar-refractivity contribution >= 4 is 11.6 Å². The Kier molecular flexibility index (Phi) is 5.34. The third-order valence-corrected chi connectivity index (χ3v) is 4.84. The van der Waals surface area contributed by atoms with Gasteiger partial charge in [0.05, 0.1) is 11.6 Å². The SMILES string of the molecule is Cc1ncc(CN2CCCC(C(=O)Nc3cccc(-n4cnnn4)c3)C2)cn1. The van der Waals surface area contributed by atoms with Crippen LogP contribution in [-0.4, -0.2) is 54.1 Å². The lowest BCUT2D eigenvalue weighted by atomic mass is 9.96. The lowest BCUT2D eigenvalue weighted by Gasteiger charge is -2.31. The van der Waals surface area contributed by atoms with Gasteiger partial charge in [0.15, 0.2) is 0 Å². The minimum absolute atomic E-state index is 0.0405. The summed E-state index contributed by atoms with van der Waals surface area (Å²) in [7, 11) is 0. The molecule has 1 unspecified atom stereocenters. The van der Waals surface area contributed by atoms with Crippen LogP contribution in [0.2, 0.25) is 0 Å². The molecule has 1 aliphatic rings. The quantitative estimate of drug-likeness (QED) is 0.720. The molecule has 1 saturated heterocycles. The molecule has 0 bridgehead atoms. The van der Waals surface area contributed by atoms with E-state index in [4.69, 9.17) is 0 Å². The number of carbonyl (C=O) groups excluding carboxylic acids is 1. The van der Waals surface area contributed by atoms with Crippen molar-refractivity contribution in [1.29, 1.82) is 0 Å². The molecule has 1 fully saturated rings. The molecule has 3 aromatic rings. The fraction of sp³-hybridized carbons (Fsp3) is 0.368. The van der Waals surface area contributed by atoms with Crippen molar-refractivity contribution in [2.24, 2.45) is 5.92 Å². The highest BCUT2D eigenvalue weighted by Gasteiger charge is 2.26. The number of nitrogens with one attached hydrogen (secondary N) is 1. The summed E-state index contributed by atoms with van der Waals surface area (Å²) in [5, 5.41) is 14.2. The smallest absolute Gasteiger partial charge is 0.228 e. The predicted octanol–water partition coefficient (Wildman–Crippen LogP) is 1.61. The van der Waals surface area contributed by atoms with E-state index in [9.17, 15) is 4.79 Å². The Hall–Kier alpha value is -3.20. The number of anilines is 1. The Balaban J connectivity index is 1.38. The van der Waals surface area contributed by atoms with Crippen LogP contribution >= 0.6 is 0 Å². The van der Waals surface area contributed by atoms with Crippen molar-refractivity contribution in [2.75, 3.05) is 18.4 Å². The van der Waals surface area contributed by atoms with Crippen molar-refractivity contribution in [2.45, 2.75) is 26.3 Å². The maximum Gasteiger partial charge on any atom is 0.228 e. The molecule has 2 aromatic heterocycles. The van der Waals surface area contributed by atoms with Gasteiger partial charge in [-0.15, -0.1) is 5.10 Å². The van der Waals surface area contributed by atoms with Gasteiger partial charge in [0.1, 0.15) is 12.2 Å². The summed E-state index contributed by atoms with van der Waals surface area (Å²) in [6.45, 7) is 4.34. The Morgan fingerprint density at radius 3 is 2.93 bits per heavy atom. The van der Waals surface area contributed by atoms with Crippen LogP contribution in [-0.2, 0) is 11.3 Å². The van der Waals surface area contributed by atoms with Crippen LogP contribution in [0.25, 0.3) is 5.69 Å². The number of nitrogens with zero attached hydrogens (tertiary/aromatic N) is 7. The number of hydrogen-bond donors (Lipinski definition) is 1. The largest absolute Gasteiger partial charge is 0.326 e. The summed E-state index contributed by atoms with van der Waals surface area (Å²) in [6, 6.07) is 7.49. The standard InChI is InChI=1S/C19H22N8O/c1-14-20-9-15(10-21-14)11-26-7-3-4-16(12-26)19(28)23-17-5-2-6-18(8-17)27-13-22-24-25-27/h2,5-6,8-10,13,16H,3-4,7,11-12H2,1H3,(H,23,28). The molecule has 1 amide bonds. The molecular weight excluding hydrogens is 356 g/mol. The first kappa shape index (κ1) is 18.2. The van der Waals surface area contributed by atoms with Crippen LogP contribution in [0.4, 0.5) is 5.69 Å². The molecular formula is C19H22N8O. The lowest BCUT2D eigenvalue weighted by Crippen LogP contribution is -2.40. The zero-order chi connectivity index (χ0) is 19.3. The van der Waals surface area contributed by atoms with E-state index in [1.807, 2.05) is 43.6 Å². The van der Waals surface area contributed by atoms with Crippen molar-refractivity contribution in [1.82, 2.24) is 35.1 Å². The van der Waals surface area contributed by atoms with Crippen LogP contribution in [0.3, 0.4) is 0 Å². The number of amides is 1. The molecule has 0 radical (unpaired) electrons. The van der Waals surface area contributed by atoms with Gasteiger partial charge in [-0.25, -0.2) is 14.6 Å². The number of aryl methyl sites for hydroxylation is 1. The van der Waals surface area contributed by atoms with Gasteiger partial charge in [-0.2, -0.15) is 0 Å². The zero-order valence-corrected chi connectivity index (χ0v) is 15.7. The summed E-state index contributed by atoms with van der Waals surface area (Å²) in [6.07, 6.45) is 7.12. The van der Waals surface area contributed by atoms with E-state index in [1.165, 1.54) is 6.33 Å². The minimum atomic E-state index is -0.0446. The maximum absolute atomic E-state index is 12.8. The maximum atomic E-state index is 12.8. The molecule has 3 heterocycles. The number of aromatic nitrogens is 6. The molecule has 4 rings (SSSR count). The molecule has 9 heteroatoms. The molecule has 0 saturated carbocycles. The first-order valence-corrected chi connectivity index (χ1v) is 9.31. The van der Waals surface area contributed by atoms with Crippen LogP contribution in [0, 0.1) is 12.8 Å². The van der Waals surface area contributed by atoms with Crippen molar-refractivity contribution < 1.29 is 4.79 Å². The van der Waals surface area contributed by atoms with E-state index in [0.29, 0.717) is 0 Å². The van der Waals surface area contributed by atoms with Crippen LogP contribution in [0.5, 0.6) is 0 Å². The first-order chi connectivity index (χ1) is 13.7. The summed E-state index contributed by atoms with van der Waals surface area (Å²) >= 11 is 0. The number of likely N-dealkylation sites (tertiary alicyclic amines) is 1. The first-order valence-electron chi connectivity index (χ1n) is 9.31. The lowest BCUT2D eigenvalue weighted by molar-refractivity contribution is -0.121. The normalized spacial score (nSPS) is 17.4. The van der Waals surface area contributed by atoms with E-state index in [2.05, 4.69) is 35.7 Å². The topological polar surface area (TPSA) is 102 Å². The van der Waals surface area contributed by atoms with Gasteiger partial charge in [-0.05, 0) is 54.9 Å². The Bertz CT molecular complexity index is 925. The molecule has 9 nitrogen and oxygen atoms in total. The van der Waals surface area contributed by atoms with Crippen molar-refractivity contribution in [3.63, 3.8) is 0 Å². The van der Waals surface area contributed by atoms with Gasteiger partial charge in [-0.1, -0.05) is 6.07 Å². The molecule has 0 spiro atoms. The highest BCUT2D eigenvalue weighted by Crippen LogP contribution is 2.21. The van der Waals surface area contributed by atoms with Gasteiger partial charge in [0, 0.05) is 36.7 Å². The monoisotopic (exact) mass is 378 g/mol. The molecule has 1 atom stereocenters. The van der Waals surface area contributed by atoms with E-state index < -0.39 is 0 Å². The number of piperidine rings is 1. The van der Waals surface area contributed by atoms with Crippen LogP contribution in [0.1, 0.15) is 24.2 Å². The number of rotatable bonds is 5. The third-order valence-electron chi connectivity index (χ3n) is 4.84. The third kappa shape index (κ3) is 4.37. The molecule has 1 aliphatic heterocycles. The van der Waals surface area contributed by atoms with E-state index in [1.54, 1.807) is 4.68 Å². The molecule has 1 aromatic carbocycles. The molecule has 28 heavy (non-hydrogen) atoms. The van der Waals surface area contributed by atoms with Gasteiger partial charge in [0.2, 0.25) is 5.91 Å². The van der Waals surface area contributed by atoms with E-state index in [-0.39, 0.29) is 11.8 Å². The van der Waals surface area contributed by atoms with Gasteiger partial charge < -0.3 is 5.32 Å². The molecule has 144 valence electrons. The number of hydrogen-bond acceptors (Lipinski definition) is 7. The van der Waals surface area contributed by atoms with Crippen LogP contribution < -0.4 is 5.32 Å². The number of benzene rings is 1. The zero-order valence-electron chi connectivity index (χ0n) is 15.7. The van der Waals surface area contributed by atoms with Gasteiger partial charge in [0.25, 0.3) is 0 Å². The van der Waals surface area contributed by atoms with E-state index in [0.717, 1.165) is 55.2 Å². The summed E-state index contributed by atoms with van der Waals surface area (Å²) < 4.78 is 1.56. The Morgan fingerprint density at radius 1 is 1.29 bits per heavy atom. The summed E-state index contributed by atoms with van der Waals surface area (Å²) in [4.78, 5) is 23.6. The summed E-state index contributed by atoms with van der Waals surface area (Å²) in [5.74, 6) is 0.763. The Labute approximate surface area is 162 Å². The second-order valence-corrected chi connectivity index (χ2v) is 7.01. The predicted molar refractivity (Wildman–Crippen MR) is 103 cm³/mol. The second kappa shape index (κ2) is 8.22. The number of carbonyl (C=O) groups is 1. The summed E-state index contributed by atoms with van der Waals surface area (Å²) in [5.41, 5.74) is 2.61. The average Bonchev–Trinajstić information content (AvgIpc) is 3.25. The van der Waals surface area contributed by atoms with Crippen LogP contribution in [0.15, 0.2) is 43.0 Å². The van der Waals surface area contributed by atoms with Gasteiger partial charge in [-0.3, -0.25) is 9.69 Å². The fourth-order valence-electron chi connectivity index (χ4n) is 3.42. The number of tetrazole rings is 1. The van der Waals surface area contributed by atoms with Crippen molar-refractivity contribution in [3.05, 3.63) is 54.4 Å². The Morgan fingerprint density at radius 2 is 2.14 bits per heavy atom. The second-order valence-electron chi connectivity index (χ2n) is 7.01.